The Morgan fingerprint density at radius 1 is 1.00 bits per heavy atom. The van der Waals surface area contributed by atoms with Gasteiger partial charge in [0, 0.05) is 11.5 Å². The van der Waals surface area contributed by atoms with E-state index in [1.165, 1.54) is 6.07 Å². The molecule has 4 nitrogen and oxygen atoms in total. The Morgan fingerprint density at radius 3 is 2.50 bits per heavy atom. The Hall–Kier alpha value is -2.62. The number of nitro groups is 1. The van der Waals surface area contributed by atoms with Gasteiger partial charge in [0.05, 0.1) is 4.92 Å². The molecular weight excluding hydrogens is 230 g/mol. The fourth-order valence-electron chi connectivity index (χ4n) is 2.23. The lowest BCUT2D eigenvalue weighted by atomic mass is 10.0. The van der Waals surface area contributed by atoms with Crippen LogP contribution in [0.1, 0.15) is 0 Å². The van der Waals surface area contributed by atoms with Crippen molar-refractivity contribution < 1.29 is 10.0 Å². The van der Waals surface area contributed by atoms with E-state index >= 15 is 0 Å². The lowest BCUT2D eigenvalue weighted by molar-refractivity contribution is -0.383. The van der Waals surface area contributed by atoms with E-state index in [1.807, 2.05) is 18.2 Å². The molecule has 0 heterocycles. The van der Waals surface area contributed by atoms with E-state index in [0.717, 1.165) is 5.39 Å². The molecule has 18 heavy (non-hydrogen) atoms. The Labute approximate surface area is 102 Å². The molecule has 4 heteroatoms. The van der Waals surface area contributed by atoms with Crippen molar-refractivity contribution in [3.63, 3.8) is 0 Å². The van der Waals surface area contributed by atoms with Gasteiger partial charge in [-0.05, 0) is 16.8 Å². The van der Waals surface area contributed by atoms with E-state index < -0.39 is 4.92 Å². The molecule has 0 saturated carbocycles. The Kier molecular flexibility index (Phi) is 2.16. The number of rotatable bonds is 1. The summed E-state index contributed by atoms with van der Waals surface area (Å²) in [6.45, 7) is 0. The van der Waals surface area contributed by atoms with Gasteiger partial charge in [-0.1, -0.05) is 36.4 Å². The van der Waals surface area contributed by atoms with Crippen LogP contribution in [0.3, 0.4) is 0 Å². The molecule has 0 radical (unpaired) electrons. The van der Waals surface area contributed by atoms with Crippen molar-refractivity contribution in [1.82, 2.24) is 0 Å². The molecule has 88 valence electrons. The van der Waals surface area contributed by atoms with Crippen LogP contribution in [-0.2, 0) is 0 Å². The molecule has 3 aromatic carbocycles. The molecule has 0 spiro atoms. The number of benzene rings is 3. The SMILES string of the molecule is O=[N+]([O-])c1cccc2cc3ccccc3c(O)c12. The van der Waals surface area contributed by atoms with E-state index in [0.29, 0.717) is 16.2 Å². The number of fused-ring (bicyclic) bond motifs is 2. The Balaban J connectivity index is 2.57. The highest BCUT2D eigenvalue weighted by molar-refractivity contribution is 6.08. The highest BCUT2D eigenvalue weighted by Crippen LogP contribution is 2.38. The number of phenolic OH excluding ortho intramolecular Hbond substituents is 1. The average Bonchev–Trinajstić information content (AvgIpc) is 2.38. The minimum absolute atomic E-state index is 0.0320. The Bertz CT molecular complexity index is 780. The first kappa shape index (κ1) is 10.5. The number of nitrogens with zero attached hydrogens (tertiary/aromatic N) is 1. The van der Waals surface area contributed by atoms with Gasteiger partial charge in [0.15, 0.2) is 0 Å². The van der Waals surface area contributed by atoms with Crippen LogP contribution in [0, 0.1) is 10.1 Å². The summed E-state index contributed by atoms with van der Waals surface area (Å²) < 4.78 is 0. The third-order valence-corrected chi connectivity index (χ3v) is 3.04. The number of non-ortho nitro benzene ring substituents is 1. The minimum atomic E-state index is -0.475. The predicted molar refractivity (Wildman–Crippen MR) is 69.8 cm³/mol. The number of nitro benzene ring substituents is 1. The summed E-state index contributed by atoms with van der Waals surface area (Å²) in [7, 11) is 0. The zero-order valence-corrected chi connectivity index (χ0v) is 9.33. The predicted octanol–water partition coefficient (Wildman–Crippen LogP) is 3.61. The second kappa shape index (κ2) is 3.70. The quantitative estimate of drug-likeness (QED) is 0.401. The first-order valence-corrected chi connectivity index (χ1v) is 5.46. The molecule has 0 aliphatic rings. The zero-order chi connectivity index (χ0) is 12.7. The number of hydrogen-bond acceptors (Lipinski definition) is 3. The second-order valence-electron chi connectivity index (χ2n) is 4.08. The summed E-state index contributed by atoms with van der Waals surface area (Å²) in [6.07, 6.45) is 0. The van der Waals surface area contributed by atoms with E-state index in [4.69, 9.17) is 0 Å². The van der Waals surface area contributed by atoms with Crippen molar-refractivity contribution >= 4 is 27.2 Å². The highest BCUT2D eigenvalue weighted by Gasteiger charge is 2.16. The summed E-state index contributed by atoms with van der Waals surface area (Å²) in [5.74, 6) is -0.0320. The highest BCUT2D eigenvalue weighted by atomic mass is 16.6. The summed E-state index contributed by atoms with van der Waals surface area (Å²) >= 11 is 0. The average molecular weight is 239 g/mol. The molecule has 0 aliphatic carbocycles. The molecule has 0 aromatic heterocycles. The first-order valence-electron chi connectivity index (χ1n) is 5.46. The number of phenols is 1. The van der Waals surface area contributed by atoms with Gasteiger partial charge in [-0.2, -0.15) is 0 Å². The molecular formula is C14H9NO3. The van der Waals surface area contributed by atoms with E-state index in [1.54, 1.807) is 24.3 Å². The van der Waals surface area contributed by atoms with Crippen molar-refractivity contribution in [2.24, 2.45) is 0 Å². The summed E-state index contributed by atoms with van der Waals surface area (Å²) in [5, 5.41) is 23.7. The van der Waals surface area contributed by atoms with E-state index in [9.17, 15) is 15.2 Å². The molecule has 1 N–H and O–H groups in total. The maximum absolute atomic E-state index is 11.0. The molecule has 0 amide bonds. The lowest BCUT2D eigenvalue weighted by Gasteiger charge is -2.06. The van der Waals surface area contributed by atoms with Gasteiger partial charge in [-0.15, -0.1) is 0 Å². The second-order valence-corrected chi connectivity index (χ2v) is 4.08. The molecule has 0 unspecified atom stereocenters. The van der Waals surface area contributed by atoms with Crippen molar-refractivity contribution in [1.29, 1.82) is 0 Å². The molecule has 0 fully saturated rings. The third-order valence-electron chi connectivity index (χ3n) is 3.04. The Morgan fingerprint density at radius 2 is 1.72 bits per heavy atom. The molecule has 3 rings (SSSR count). The van der Waals surface area contributed by atoms with E-state index in [-0.39, 0.29) is 11.4 Å². The maximum atomic E-state index is 11.0. The fourth-order valence-corrected chi connectivity index (χ4v) is 2.23. The number of hydrogen-bond donors (Lipinski definition) is 1. The van der Waals surface area contributed by atoms with Crippen molar-refractivity contribution in [3.8, 4) is 5.75 Å². The molecule has 3 aromatic rings. The van der Waals surface area contributed by atoms with Crippen LogP contribution in [-0.4, -0.2) is 10.0 Å². The van der Waals surface area contributed by atoms with Crippen LogP contribution >= 0.6 is 0 Å². The number of aromatic hydroxyl groups is 1. The first-order chi connectivity index (χ1) is 8.68. The summed E-state index contributed by atoms with van der Waals surface area (Å²) in [5.41, 5.74) is -0.0734. The van der Waals surface area contributed by atoms with Crippen LogP contribution < -0.4 is 0 Å². The fraction of sp³-hybridized carbons (Fsp3) is 0. The van der Waals surface area contributed by atoms with Crippen molar-refractivity contribution in [2.45, 2.75) is 0 Å². The van der Waals surface area contributed by atoms with Crippen LogP contribution in [0.15, 0.2) is 48.5 Å². The molecule has 0 saturated heterocycles. The van der Waals surface area contributed by atoms with E-state index in [2.05, 4.69) is 0 Å². The largest absolute Gasteiger partial charge is 0.506 e. The van der Waals surface area contributed by atoms with Gasteiger partial charge in [0.25, 0.3) is 5.69 Å². The van der Waals surface area contributed by atoms with Gasteiger partial charge >= 0.3 is 0 Å². The molecule has 0 bridgehead atoms. The van der Waals surface area contributed by atoms with Crippen LogP contribution in [0.4, 0.5) is 5.69 Å². The van der Waals surface area contributed by atoms with Gasteiger partial charge < -0.3 is 5.11 Å². The van der Waals surface area contributed by atoms with Gasteiger partial charge in [0.1, 0.15) is 11.1 Å². The van der Waals surface area contributed by atoms with Gasteiger partial charge in [-0.25, -0.2) is 0 Å². The van der Waals surface area contributed by atoms with Crippen LogP contribution in [0.2, 0.25) is 0 Å². The monoisotopic (exact) mass is 239 g/mol. The standard InChI is InChI=1S/C14H9NO3/c16-14-11-6-2-1-4-9(11)8-10-5-3-7-12(13(10)14)15(17)18/h1-8,16H. The van der Waals surface area contributed by atoms with Crippen molar-refractivity contribution in [3.05, 3.63) is 58.6 Å². The summed E-state index contributed by atoms with van der Waals surface area (Å²) in [6, 6.07) is 13.9. The molecule has 0 atom stereocenters. The van der Waals surface area contributed by atoms with Gasteiger partial charge in [-0.3, -0.25) is 10.1 Å². The minimum Gasteiger partial charge on any atom is -0.506 e. The van der Waals surface area contributed by atoms with Crippen LogP contribution in [0.25, 0.3) is 21.5 Å². The van der Waals surface area contributed by atoms with Gasteiger partial charge in [0.2, 0.25) is 0 Å². The topological polar surface area (TPSA) is 63.4 Å². The normalized spacial score (nSPS) is 10.9. The van der Waals surface area contributed by atoms with Crippen molar-refractivity contribution in [2.75, 3.05) is 0 Å². The molecule has 0 aliphatic heterocycles. The lowest BCUT2D eigenvalue weighted by Crippen LogP contribution is -1.90. The maximum Gasteiger partial charge on any atom is 0.280 e. The zero-order valence-electron chi connectivity index (χ0n) is 9.33. The third kappa shape index (κ3) is 1.39. The van der Waals surface area contributed by atoms with Crippen LogP contribution in [0.5, 0.6) is 5.75 Å². The smallest absolute Gasteiger partial charge is 0.280 e. The summed E-state index contributed by atoms with van der Waals surface area (Å²) in [4.78, 5) is 10.5.